The Kier molecular flexibility index (Phi) is 9.30. The molecule has 1 atom stereocenters. The third-order valence-electron chi connectivity index (χ3n) is 3.13. The number of likely N-dealkylation sites (N-methyl/N-ethyl adjacent to an activating group) is 1. The summed E-state index contributed by atoms with van der Waals surface area (Å²) in [5, 5.41) is 8.81. The minimum atomic E-state index is -0.731. The summed E-state index contributed by atoms with van der Waals surface area (Å²) in [5.74, 6) is -0.731. The third kappa shape index (κ3) is 7.69. The van der Waals surface area contributed by atoms with Crippen LogP contribution in [0.25, 0.3) is 0 Å². The monoisotopic (exact) mass is 229 g/mol. The Balaban J connectivity index is 3.34. The molecule has 0 aromatic carbocycles. The van der Waals surface area contributed by atoms with E-state index in [0.717, 1.165) is 13.0 Å². The Morgan fingerprint density at radius 2 is 1.62 bits per heavy atom. The van der Waals surface area contributed by atoms with E-state index in [-0.39, 0.29) is 6.04 Å². The van der Waals surface area contributed by atoms with Gasteiger partial charge >= 0.3 is 5.97 Å². The van der Waals surface area contributed by atoms with Gasteiger partial charge in [-0.3, -0.25) is 9.69 Å². The predicted molar refractivity (Wildman–Crippen MR) is 67.7 cm³/mol. The van der Waals surface area contributed by atoms with Crippen LogP contribution in [0, 0.1) is 0 Å². The van der Waals surface area contributed by atoms with Gasteiger partial charge in [0.25, 0.3) is 0 Å². The normalized spacial score (nSPS) is 13.0. The zero-order valence-corrected chi connectivity index (χ0v) is 11.0. The molecule has 1 unspecified atom stereocenters. The van der Waals surface area contributed by atoms with E-state index < -0.39 is 5.97 Å². The van der Waals surface area contributed by atoms with Crippen LogP contribution in [-0.4, -0.2) is 35.6 Å². The molecule has 3 nitrogen and oxygen atoms in total. The average Bonchev–Trinajstić information content (AvgIpc) is 2.26. The summed E-state index contributed by atoms with van der Waals surface area (Å²) >= 11 is 0. The van der Waals surface area contributed by atoms with Gasteiger partial charge in [0.2, 0.25) is 0 Å². The molecular formula is C13H27NO2. The van der Waals surface area contributed by atoms with E-state index in [2.05, 4.69) is 6.92 Å². The highest BCUT2D eigenvalue weighted by Gasteiger charge is 2.15. The molecule has 0 saturated heterocycles. The molecule has 0 saturated carbocycles. The van der Waals surface area contributed by atoms with Gasteiger partial charge in [-0.2, -0.15) is 0 Å². The highest BCUT2D eigenvalue weighted by molar-refractivity contribution is 5.72. The summed E-state index contributed by atoms with van der Waals surface area (Å²) in [6.07, 6.45) is 8.93. The molecular weight excluding hydrogens is 202 g/mol. The standard InChI is InChI=1S/C13H27NO2/c1-4-5-6-7-8-9-10-11-14(3)12(2)13(15)16/h12H,4-11H2,1-3H3,(H,15,16). The van der Waals surface area contributed by atoms with Crippen LogP contribution >= 0.6 is 0 Å². The number of carboxylic acids is 1. The van der Waals surface area contributed by atoms with Crippen LogP contribution in [-0.2, 0) is 4.79 Å². The van der Waals surface area contributed by atoms with Crippen molar-refractivity contribution in [3.05, 3.63) is 0 Å². The first-order chi connectivity index (χ1) is 7.59. The van der Waals surface area contributed by atoms with E-state index in [0.29, 0.717) is 0 Å². The van der Waals surface area contributed by atoms with Crippen LogP contribution < -0.4 is 0 Å². The fourth-order valence-electron chi connectivity index (χ4n) is 1.70. The van der Waals surface area contributed by atoms with Gasteiger partial charge in [0.05, 0.1) is 0 Å². The maximum absolute atomic E-state index is 10.7. The highest BCUT2D eigenvalue weighted by Crippen LogP contribution is 2.08. The Hall–Kier alpha value is -0.570. The molecule has 16 heavy (non-hydrogen) atoms. The molecule has 96 valence electrons. The predicted octanol–water partition coefficient (Wildman–Crippen LogP) is 3.14. The maximum Gasteiger partial charge on any atom is 0.320 e. The molecule has 0 spiro atoms. The Bertz CT molecular complexity index is 183. The van der Waals surface area contributed by atoms with Gasteiger partial charge in [-0.1, -0.05) is 45.4 Å². The van der Waals surface area contributed by atoms with Crippen molar-refractivity contribution in [2.75, 3.05) is 13.6 Å². The first-order valence-electron chi connectivity index (χ1n) is 6.52. The van der Waals surface area contributed by atoms with Crippen molar-refractivity contribution in [3.63, 3.8) is 0 Å². The molecule has 0 aromatic heterocycles. The largest absolute Gasteiger partial charge is 0.480 e. The number of unbranched alkanes of at least 4 members (excludes halogenated alkanes) is 6. The minimum Gasteiger partial charge on any atom is -0.480 e. The van der Waals surface area contributed by atoms with Crippen molar-refractivity contribution in [2.24, 2.45) is 0 Å². The number of carboxylic acid groups (broad SMARTS) is 1. The van der Waals surface area contributed by atoms with E-state index >= 15 is 0 Å². The topological polar surface area (TPSA) is 40.5 Å². The Morgan fingerprint density at radius 1 is 1.12 bits per heavy atom. The molecule has 0 radical (unpaired) electrons. The number of nitrogens with zero attached hydrogens (tertiary/aromatic N) is 1. The second-order valence-corrected chi connectivity index (χ2v) is 4.62. The summed E-state index contributed by atoms with van der Waals surface area (Å²) < 4.78 is 0. The van der Waals surface area contributed by atoms with Crippen molar-refractivity contribution >= 4 is 5.97 Å². The number of rotatable bonds is 10. The molecule has 0 aliphatic heterocycles. The van der Waals surface area contributed by atoms with E-state index in [9.17, 15) is 4.79 Å². The third-order valence-corrected chi connectivity index (χ3v) is 3.13. The second kappa shape index (κ2) is 9.64. The Labute approximate surface area is 99.8 Å². The van der Waals surface area contributed by atoms with Gasteiger partial charge in [0, 0.05) is 0 Å². The molecule has 1 N–H and O–H groups in total. The molecule has 0 aromatic rings. The summed E-state index contributed by atoms with van der Waals surface area (Å²) in [6, 6.07) is -0.361. The molecule has 0 fully saturated rings. The van der Waals surface area contributed by atoms with Gasteiger partial charge in [-0.05, 0) is 26.9 Å². The average molecular weight is 229 g/mol. The van der Waals surface area contributed by atoms with Gasteiger partial charge < -0.3 is 5.11 Å². The fraction of sp³-hybridized carbons (Fsp3) is 0.923. The number of aliphatic carboxylic acids is 1. The van der Waals surface area contributed by atoms with Crippen LogP contribution in [0.4, 0.5) is 0 Å². The minimum absolute atomic E-state index is 0.361. The van der Waals surface area contributed by atoms with Crippen molar-refractivity contribution in [2.45, 2.75) is 64.8 Å². The lowest BCUT2D eigenvalue weighted by atomic mass is 10.1. The lowest BCUT2D eigenvalue weighted by Crippen LogP contribution is -2.36. The van der Waals surface area contributed by atoms with E-state index in [1.807, 2.05) is 11.9 Å². The van der Waals surface area contributed by atoms with Gasteiger partial charge in [0.15, 0.2) is 0 Å². The maximum atomic E-state index is 10.7. The first kappa shape index (κ1) is 15.4. The van der Waals surface area contributed by atoms with Crippen LogP contribution in [0.5, 0.6) is 0 Å². The van der Waals surface area contributed by atoms with Gasteiger partial charge in [-0.25, -0.2) is 0 Å². The smallest absolute Gasteiger partial charge is 0.320 e. The molecule has 0 rings (SSSR count). The van der Waals surface area contributed by atoms with E-state index in [1.54, 1.807) is 6.92 Å². The van der Waals surface area contributed by atoms with Crippen molar-refractivity contribution in [1.82, 2.24) is 4.90 Å². The van der Waals surface area contributed by atoms with Crippen LogP contribution in [0.3, 0.4) is 0 Å². The molecule has 0 heterocycles. The molecule has 0 amide bonds. The van der Waals surface area contributed by atoms with Gasteiger partial charge in [-0.15, -0.1) is 0 Å². The van der Waals surface area contributed by atoms with Crippen molar-refractivity contribution < 1.29 is 9.90 Å². The lowest BCUT2D eigenvalue weighted by molar-refractivity contribution is -0.142. The Morgan fingerprint density at radius 3 is 2.12 bits per heavy atom. The molecule has 0 aliphatic carbocycles. The first-order valence-corrected chi connectivity index (χ1v) is 6.52. The van der Waals surface area contributed by atoms with Crippen LogP contribution in [0.1, 0.15) is 58.8 Å². The SMILES string of the molecule is CCCCCCCCCN(C)C(C)C(=O)O. The van der Waals surface area contributed by atoms with E-state index in [4.69, 9.17) is 5.11 Å². The number of hydrogen-bond donors (Lipinski definition) is 1. The van der Waals surface area contributed by atoms with Crippen LogP contribution in [0.15, 0.2) is 0 Å². The number of hydrogen-bond acceptors (Lipinski definition) is 2. The quantitative estimate of drug-likeness (QED) is 0.585. The van der Waals surface area contributed by atoms with Crippen molar-refractivity contribution in [3.8, 4) is 0 Å². The van der Waals surface area contributed by atoms with Crippen LogP contribution in [0.2, 0.25) is 0 Å². The zero-order chi connectivity index (χ0) is 12.4. The van der Waals surface area contributed by atoms with Gasteiger partial charge in [0.1, 0.15) is 6.04 Å². The van der Waals surface area contributed by atoms with E-state index in [1.165, 1.54) is 38.5 Å². The van der Waals surface area contributed by atoms with Crippen molar-refractivity contribution in [1.29, 1.82) is 0 Å². The lowest BCUT2D eigenvalue weighted by Gasteiger charge is -2.20. The summed E-state index contributed by atoms with van der Waals surface area (Å²) in [6.45, 7) is 4.85. The number of carbonyl (C=O) groups is 1. The molecule has 0 bridgehead atoms. The molecule has 3 heteroatoms. The highest BCUT2D eigenvalue weighted by atomic mass is 16.4. The molecule has 0 aliphatic rings. The summed E-state index contributed by atoms with van der Waals surface area (Å²) in [5.41, 5.74) is 0. The summed E-state index contributed by atoms with van der Waals surface area (Å²) in [4.78, 5) is 12.6. The second-order valence-electron chi connectivity index (χ2n) is 4.62. The fourth-order valence-corrected chi connectivity index (χ4v) is 1.70. The zero-order valence-electron chi connectivity index (χ0n) is 11.0. The summed E-state index contributed by atoms with van der Waals surface area (Å²) in [7, 11) is 1.88.